The molecule has 40 heavy (non-hydrogen) atoms. The lowest BCUT2D eigenvalue weighted by Crippen LogP contribution is -2.60. The molecule has 12 heteroatoms. The number of carbonyl (C=O) groups is 4. The van der Waals surface area contributed by atoms with Crippen LogP contribution in [0, 0.1) is 0 Å². The normalized spacial score (nSPS) is 15.6. The average Bonchev–Trinajstić information content (AvgIpc) is 3.35. The molecular formula is C28H33N5O7. The lowest BCUT2D eigenvalue weighted by atomic mass is 10.1. The third-order valence-electron chi connectivity index (χ3n) is 6.24. The fourth-order valence-electron chi connectivity index (χ4n) is 4.34. The van der Waals surface area contributed by atoms with Crippen molar-refractivity contribution in [1.29, 1.82) is 0 Å². The van der Waals surface area contributed by atoms with Crippen molar-refractivity contribution in [2.45, 2.75) is 38.8 Å². The summed E-state index contributed by atoms with van der Waals surface area (Å²) >= 11 is 0. The Labute approximate surface area is 231 Å². The Hall–Kier alpha value is -4.61. The molecule has 12 nitrogen and oxygen atoms in total. The second-order valence-corrected chi connectivity index (χ2v) is 10.2. The number of hydrogen-bond acceptors (Lipinski definition) is 8. The zero-order valence-corrected chi connectivity index (χ0v) is 23.2. The second-order valence-electron chi connectivity index (χ2n) is 10.2. The number of nitrogens with zero attached hydrogens (tertiary/aromatic N) is 4. The number of benzene rings is 1. The van der Waals surface area contributed by atoms with Gasteiger partial charge in [0.1, 0.15) is 23.0 Å². The van der Waals surface area contributed by atoms with Crippen molar-refractivity contribution in [3.63, 3.8) is 0 Å². The van der Waals surface area contributed by atoms with Crippen molar-refractivity contribution in [2.24, 2.45) is 0 Å². The van der Waals surface area contributed by atoms with Gasteiger partial charge < -0.3 is 23.9 Å². The SMILES string of the molecule is CNC(=O)c1ccc2nc(N3CCN(C(=O)OC(C)(C)C)C(CCOc4cccc(C(=O)OC)c4)C3=O)cn2c1. The highest BCUT2D eigenvalue weighted by molar-refractivity contribution is 5.99. The predicted molar refractivity (Wildman–Crippen MR) is 146 cm³/mol. The number of rotatable bonds is 7. The van der Waals surface area contributed by atoms with Gasteiger partial charge in [0.15, 0.2) is 5.82 Å². The van der Waals surface area contributed by atoms with Crippen LogP contribution in [0.15, 0.2) is 48.8 Å². The highest BCUT2D eigenvalue weighted by atomic mass is 16.6. The van der Waals surface area contributed by atoms with Gasteiger partial charge in [0, 0.05) is 32.8 Å². The van der Waals surface area contributed by atoms with Crippen molar-refractivity contribution in [3.05, 3.63) is 59.9 Å². The third-order valence-corrected chi connectivity index (χ3v) is 6.24. The predicted octanol–water partition coefficient (Wildman–Crippen LogP) is 2.90. The number of imidazole rings is 1. The molecule has 212 valence electrons. The first kappa shape index (κ1) is 28.4. The fraction of sp³-hybridized carbons (Fsp3) is 0.393. The quantitative estimate of drug-likeness (QED) is 0.444. The number of piperazine rings is 1. The lowest BCUT2D eigenvalue weighted by molar-refractivity contribution is -0.126. The fourth-order valence-corrected chi connectivity index (χ4v) is 4.34. The van der Waals surface area contributed by atoms with E-state index in [0.717, 1.165) is 0 Å². The molecule has 0 bridgehead atoms. The van der Waals surface area contributed by atoms with Crippen LogP contribution < -0.4 is 15.0 Å². The van der Waals surface area contributed by atoms with E-state index in [4.69, 9.17) is 14.2 Å². The Morgan fingerprint density at radius 2 is 1.85 bits per heavy atom. The first-order chi connectivity index (χ1) is 19.0. The van der Waals surface area contributed by atoms with Gasteiger partial charge in [-0.1, -0.05) is 6.07 Å². The molecule has 1 saturated heterocycles. The van der Waals surface area contributed by atoms with E-state index in [2.05, 4.69) is 10.3 Å². The standard InChI is InChI=1S/C28H33N5O7/c1-28(2,3)40-27(37)32-12-13-33(23-17-31-16-19(24(34)29-4)9-10-22(31)30-23)25(35)21(32)11-14-39-20-8-6-7-18(15-20)26(36)38-5/h6-10,15-17,21H,11-14H2,1-5H3,(H,29,34). The first-order valence-corrected chi connectivity index (χ1v) is 12.8. The van der Waals surface area contributed by atoms with Gasteiger partial charge in [-0.25, -0.2) is 14.6 Å². The molecule has 1 unspecified atom stereocenters. The van der Waals surface area contributed by atoms with E-state index in [9.17, 15) is 19.2 Å². The van der Waals surface area contributed by atoms with Gasteiger partial charge in [-0.15, -0.1) is 0 Å². The number of hydrogen-bond donors (Lipinski definition) is 1. The van der Waals surface area contributed by atoms with Crippen LogP contribution in [0.5, 0.6) is 5.75 Å². The molecule has 1 fully saturated rings. The van der Waals surface area contributed by atoms with Crippen molar-refractivity contribution in [1.82, 2.24) is 19.6 Å². The van der Waals surface area contributed by atoms with E-state index >= 15 is 0 Å². The summed E-state index contributed by atoms with van der Waals surface area (Å²) in [4.78, 5) is 58.2. The van der Waals surface area contributed by atoms with E-state index in [1.54, 1.807) is 81.0 Å². The Balaban J connectivity index is 1.55. The molecular weight excluding hydrogens is 518 g/mol. The van der Waals surface area contributed by atoms with Crippen molar-refractivity contribution in [2.75, 3.05) is 38.8 Å². The van der Waals surface area contributed by atoms with Gasteiger partial charge in [0.2, 0.25) is 0 Å². The molecule has 4 rings (SSSR count). The Morgan fingerprint density at radius 3 is 2.55 bits per heavy atom. The van der Waals surface area contributed by atoms with Crippen LogP contribution in [0.4, 0.5) is 10.6 Å². The van der Waals surface area contributed by atoms with E-state index in [0.29, 0.717) is 28.3 Å². The monoisotopic (exact) mass is 551 g/mol. The molecule has 2 aromatic heterocycles. The number of ether oxygens (including phenoxy) is 3. The van der Waals surface area contributed by atoms with Gasteiger partial charge in [0.25, 0.3) is 11.8 Å². The Morgan fingerprint density at radius 1 is 1.07 bits per heavy atom. The summed E-state index contributed by atoms with van der Waals surface area (Å²) < 4.78 is 17.9. The molecule has 0 aliphatic carbocycles. The first-order valence-electron chi connectivity index (χ1n) is 12.8. The summed E-state index contributed by atoms with van der Waals surface area (Å²) in [7, 11) is 2.85. The maximum absolute atomic E-state index is 13.8. The molecule has 1 atom stereocenters. The van der Waals surface area contributed by atoms with Crippen LogP contribution >= 0.6 is 0 Å². The van der Waals surface area contributed by atoms with Crippen LogP contribution in [0.25, 0.3) is 5.65 Å². The molecule has 3 heterocycles. The summed E-state index contributed by atoms with van der Waals surface area (Å²) in [5.41, 5.74) is 0.611. The van der Waals surface area contributed by atoms with Gasteiger partial charge in [-0.2, -0.15) is 0 Å². The van der Waals surface area contributed by atoms with Crippen LogP contribution in [-0.2, 0) is 14.3 Å². The zero-order chi connectivity index (χ0) is 29.0. The van der Waals surface area contributed by atoms with Gasteiger partial charge in [-0.05, 0) is 51.1 Å². The van der Waals surface area contributed by atoms with E-state index in [-0.39, 0.29) is 37.9 Å². The highest BCUT2D eigenvalue weighted by Crippen LogP contribution is 2.25. The third kappa shape index (κ3) is 6.33. The molecule has 1 aromatic carbocycles. The number of aromatic nitrogens is 2. The molecule has 3 aromatic rings. The van der Waals surface area contributed by atoms with E-state index < -0.39 is 23.7 Å². The smallest absolute Gasteiger partial charge is 0.411 e. The van der Waals surface area contributed by atoms with Gasteiger partial charge in [-0.3, -0.25) is 19.4 Å². The number of esters is 1. The molecule has 1 aliphatic rings. The molecule has 0 radical (unpaired) electrons. The number of carbonyl (C=O) groups excluding carboxylic acids is 4. The molecule has 1 N–H and O–H groups in total. The summed E-state index contributed by atoms with van der Waals surface area (Å²) in [6.45, 7) is 5.81. The maximum atomic E-state index is 13.8. The number of nitrogens with one attached hydrogen (secondary N) is 1. The van der Waals surface area contributed by atoms with Gasteiger partial charge in [0.05, 0.1) is 31.0 Å². The molecule has 0 spiro atoms. The summed E-state index contributed by atoms with van der Waals surface area (Å²) in [5, 5.41) is 2.58. The van der Waals surface area contributed by atoms with Crippen molar-refractivity contribution in [3.8, 4) is 5.75 Å². The minimum absolute atomic E-state index is 0.0921. The number of pyridine rings is 1. The van der Waals surface area contributed by atoms with Crippen LogP contribution in [-0.4, -0.2) is 83.7 Å². The zero-order valence-electron chi connectivity index (χ0n) is 23.2. The van der Waals surface area contributed by atoms with Crippen LogP contribution in [0.3, 0.4) is 0 Å². The Bertz CT molecular complexity index is 1430. The van der Waals surface area contributed by atoms with Gasteiger partial charge >= 0.3 is 12.1 Å². The molecule has 1 aliphatic heterocycles. The number of methoxy groups -OCH3 is 1. The number of anilines is 1. The summed E-state index contributed by atoms with van der Waals surface area (Å²) in [6.07, 6.45) is 2.89. The average molecular weight is 552 g/mol. The summed E-state index contributed by atoms with van der Waals surface area (Å²) in [6, 6.07) is 9.00. The minimum atomic E-state index is -0.876. The largest absolute Gasteiger partial charge is 0.493 e. The van der Waals surface area contributed by atoms with Crippen LogP contribution in [0.1, 0.15) is 47.9 Å². The van der Waals surface area contributed by atoms with Crippen LogP contribution in [0.2, 0.25) is 0 Å². The van der Waals surface area contributed by atoms with Crippen molar-refractivity contribution >= 4 is 35.3 Å². The second kappa shape index (κ2) is 11.6. The molecule has 3 amide bonds. The van der Waals surface area contributed by atoms with Crippen molar-refractivity contribution < 1.29 is 33.4 Å². The maximum Gasteiger partial charge on any atom is 0.411 e. The minimum Gasteiger partial charge on any atom is -0.493 e. The highest BCUT2D eigenvalue weighted by Gasteiger charge is 2.40. The number of amides is 3. The topological polar surface area (TPSA) is 132 Å². The van der Waals surface area contributed by atoms with E-state index in [1.165, 1.54) is 16.9 Å². The number of fused-ring (bicyclic) bond motifs is 1. The van der Waals surface area contributed by atoms with E-state index in [1.807, 2.05) is 0 Å². The Kier molecular flexibility index (Phi) is 8.26. The molecule has 0 saturated carbocycles. The lowest BCUT2D eigenvalue weighted by Gasteiger charge is -2.40. The summed E-state index contributed by atoms with van der Waals surface area (Å²) in [5.74, 6) is -0.233.